The lowest BCUT2D eigenvalue weighted by Gasteiger charge is -2.22. The predicted octanol–water partition coefficient (Wildman–Crippen LogP) is 3.20. The summed E-state index contributed by atoms with van der Waals surface area (Å²) in [6, 6.07) is 8.10. The Hall–Kier alpha value is -1.26. The lowest BCUT2D eigenvalue weighted by molar-refractivity contribution is -0.125. The Labute approximate surface area is 139 Å². The lowest BCUT2D eigenvalue weighted by atomic mass is 10.0. The van der Waals surface area contributed by atoms with E-state index in [1.54, 1.807) is 0 Å². The van der Waals surface area contributed by atoms with Crippen LogP contribution in [0, 0.1) is 5.92 Å². The van der Waals surface area contributed by atoms with Gasteiger partial charge in [-0.2, -0.15) is 0 Å². The Morgan fingerprint density at radius 2 is 2.09 bits per heavy atom. The quantitative estimate of drug-likeness (QED) is 0.843. The summed E-state index contributed by atoms with van der Waals surface area (Å²) in [4.78, 5) is 12.4. The number of carbonyl (C=O) groups excluding carboxylic acids is 1. The van der Waals surface area contributed by atoms with Gasteiger partial charge in [0.25, 0.3) is 0 Å². The predicted molar refractivity (Wildman–Crippen MR) is 91.4 cm³/mol. The highest BCUT2D eigenvalue weighted by atomic mass is 35.5. The van der Waals surface area contributed by atoms with Gasteiger partial charge in [0, 0.05) is 17.5 Å². The van der Waals surface area contributed by atoms with Crippen LogP contribution in [0.1, 0.15) is 51.1 Å². The van der Waals surface area contributed by atoms with Crippen LogP contribution in [0.15, 0.2) is 24.3 Å². The Balaban J connectivity index is 0.00000242. The van der Waals surface area contributed by atoms with E-state index in [-0.39, 0.29) is 36.3 Å². The number of carbonyl (C=O) groups is 1. The molecule has 1 saturated carbocycles. The van der Waals surface area contributed by atoms with Gasteiger partial charge in [-0.25, -0.2) is 0 Å². The molecule has 0 bridgehead atoms. The van der Waals surface area contributed by atoms with Crippen LogP contribution < -0.4 is 15.8 Å². The Bertz CT molecular complexity index is 481. The van der Waals surface area contributed by atoms with Gasteiger partial charge in [0.2, 0.25) is 5.91 Å². The summed E-state index contributed by atoms with van der Waals surface area (Å²) in [6.45, 7) is 4.67. The van der Waals surface area contributed by atoms with Gasteiger partial charge in [0.05, 0.1) is 12.6 Å². The van der Waals surface area contributed by atoms with Crippen LogP contribution in [0.4, 0.5) is 0 Å². The van der Waals surface area contributed by atoms with E-state index in [9.17, 15) is 4.79 Å². The second kappa shape index (κ2) is 9.01. The third-order valence-corrected chi connectivity index (χ3v) is 4.16. The van der Waals surface area contributed by atoms with Gasteiger partial charge in [-0.1, -0.05) is 25.1 Å². The lowest BCUT2D eigenvalue weighted by Crippen LogP contribution is -2.33. The second-order valence-corrected chi connectivity index (χ2v) is 5.71. The molecule has 0 radical (unpaired) electrons. The van der Waals surface area contributed by atoms with Gasteiger partial charge in [-0.15, -0.1) is 12.4 Å². The SMILES string of the molecule is CCOc1ccccc1C(CC)NC(=O)C1CCC(N)C1.Cl. The maximum atomic E-state index is 12.4. The van der Waals surface area contributed by atoms with Crippen molar-refractivity contribution in [3.63, 3.8) is 0 Å². The van der Waals surface area contributed by atoms with E-state index in [2.05, 4.69) is 12.2 Å². The first-order chi connectivity index (χ1) is 10.2. The molecule has 1 aromatic carbocycles. The third kappa shape index (κ3) is 4.62. The summed E-state index contributed by atoms with van der Waals surface area (Å²) >= 11 is 0. The van der Waals surface area contributed by atoms with Gasteiger partial charge in [0.1, 0.15) is 5.75 Å². The Kier molecular flexibility index (Phi) is 7.69. The minimum absolute atomic E-state index is 0. The number of para-hydroxylation sites is 1. The fourth-order valence-corrected chi connectivity index (χ4v) is 3.00. The smallest absolute Gasteiger partial charge is 0.223 e. The molecule has 3 unspecified atom stereocenters. The average molecular weight is 327 g/mol. The summed E-state index contributed by atoms with van der Waals surface area (Å²) in [6.07, 6.45) is 3.49. The highest BCUT2D eigenvalue weighted by Gasteiger charge is 2.29. The molecule has 0 spiro atoms. The summed E-state index contributed by atoms with van der Waals surface area (Å²) in [7, 11) is 0. The highest BCUT2D eigenvalue weighted by Crippen LogP contribution is 2.29. The summed E-state index contributed by atoms with van der Waals surface area (Å²) < 4.78 is 5.67. The first-order valence-corrected chi connectivity index (χ1v) is 7.93. The fraction of sp³-hybridized carbons (Fsp3) is 0.588. The maximum Gasteiger partial charge on any atom is 0.223 e. The largest absolute Gasteiger partial charge is 0.494 e. The Morgan fingerprint density at radius 3 is 2.68 bits per heavy atom. The van der Waals surface area contributed by atoms with Crippen molar-refractivity contribution in [1.29, 1.82) is 0 Å². The molecule has 3 atom stereocenters. The number of benzene rings is 1. The van der Waals surface area contributed by atoms with Crippen LogP contribution in [0.5, 0.6) is 5.75 Å². The molecule has 1 aliphatic carbocycles. The summed E-state index contributed by atoms with van der Waals surface area (Å²) in [5, 5.41) is 3.17. The summed E-state index contributed by atoms with van der Waals surface area (Å²) in [5.74, 6) is 1.05. The number of rotatable bonds is 6. The molecule has 1 aromatic rings. The molecular formula is C17H27ClN2O2. The average Bonchev–Trinajstić information content (AvgIpc) is 2.92. The topological polar surface area (TPSA) is 64.3 Å². The molecule has 0 aliphatic heterocycles. The zero-order chi connectivity index (χ0) is 15.2. The van der Waals surface area contributed by atoms with Crippen LogP contribution in [0.3, 0.4) is 0 Å². The second-order valence-electron chi connectivity index (χ2n) is 5.71. The molecule has 4 nitrogen and oxygen atoms in total. The maximum absolute atomic E-state index is 12.4. The molecule has 5 heteroatoms. The van der Waals surface area contributed by atoms with Gasteiger partial charge >= 0.3 is 0 Å². The molecule has 0 heterocycles. The number of ether oxygens (including phenoxy) is 1. The van der Waals surface area contributed by atoms with Crippen molar-refractivity contribution in [3.8, 4) is 5.75 Å². The van der Waals surface area contributed by atoms with Gasteiger partial charge in [-0.05, 0) is 38.7 Å². The van der Waals surface area contributed by atoms with E-state index < -0.39 is 0 Å². The van der Waals surface area contributed by atoms with E-state index in [1.807, 2.05) is 31.2 Å². The van der Waals surface area contributed by atoms with Gasteiger partial charge in [-0.3, -0.25) is 4.79 Å². The van der Waals surface area contributed by atoms with Crippen LogP contribution in [-0.4, -0.2) is 18.6 Å². The monoisotopic (exact) mass is 326 g/mol. The van der Waals surface area contributed by atoms with E-state index in [0.717, 1.165) is 37.0 Å². The fourth-order valence-electron chi connectivity index (χ4n) is 3.00. The van der Waals surface area contributed by atoms with Crippen molar-refractivity contribution in [3.05, 3.63) is 29.8 Å². The molecule has 0 aromatic heterocycles. The molecule has 22 heavy (non-hydrogen) atoms. The number of amides is 1. The highest BCUT2D eigenvalue weighted by molar-refractivity contribution is 5.85. The first kappa shape index (κ1) is 18.8. The number of halogens is 1. The summed E-state index contributed by atoms with van der Waals surface area (Å²) in [5.41, 5.74) is 6.95. The van der Waals surface area contributed by atoms with Crippen LogP contribution in [0.25, 0.3) is 0 Å². The molecule has 1 fully saturated rings. The first-order valence-electron chi connectivity index (χ1n) is 7.93. The van der Waals surface area contributed by atoms with Crippen molar-refractivity contribution >= 4 is 18.3 Å². The molecular weight excluding hydrogens is 300 g/mol. The van der Waals surface area contributed by atoms with Gasteiger partial charge in [0.15, 0.2) is 0 Å². The van der Waals surface area contributed by atoms with Crippen molar-refractivity contribution in [2.75, 3.05) is 6.61 Å². The van der Waals surface area contributed by atoms with Crippen LogP contribution >= 0.6 is 12.4 Å². The van der Waals surface area contributed by atoms with Crippen LogP contribution in [0.2, 0.25) is 0 Å². The van der Waals surface area contributed by atoms with Crippen molar-refractivity contribution in [2.45, 2.75) is 51.6 Å². The number of nitrogens with one attached hydrogen (secondary N) is 1. The zero-order valence-electron chi connectivity index (χ0n) is 13.4. The number of hydrogen-bond acceptors (Lipinski definition) is 3. The molecule has 0 saturated heterocycles. The number of hydrogen-bond donors (Lipinski definition) is 2. The number of nitrogens with two attached hydrogens (primary N) is 1. The Morgan fingerprint density at radius 1 is 1.36 bits per heavy atom. The van der Waals surface area contributed by atoms with E-state index in [4.69, 9.17) is 10.5 Å². The van der Waals surface area contributed by atoms with E-state index in [1.165, 1.54) is 0 Å². The molecule has 1 amide bonds. The molecule has 124 valence electrons. The molecule has 3 N–H and O–H groups in total. The van der Waals surface area contributed by atoms with Crippen molar-refractivity contribution < 1.29 is 9.53 Å². The molecule has 1 aliphatic rings. The zero-order valence-corrected chi connectivity index (χ0v) is 14.2. The minimum atomic E-state index is -0.00271. The van der Waals surface area contributed by atoms with Crippen molar-refractivity contribution in [1.82, 2.24) is 5.32 Å². The van der Waals surface area contributed by atoms with Crippen LogP contribution in [-0.2, 0) is 4.79 Å². The third-order valence-electron chi connectivity index (χ3n) is 4.16. The normalized spacial score (nSPS) is 21.8. The standard InChI is InChI=1S/C17H26N2O2.ClH/c1-3-15(14-7-5-6-8-16(14)21-4-2)19-17(20)12-9-10-13(18)11-12;/h5-8,12-13,15H,3-4,9-11,18H2,1-2H3,(H,19,20);1H. The van der Waals surface area contributed by atoms with E-state index in [0.29, 0.717) is 6.61 Å². The van der Waals surface area contributed by atoms with Crippen molar-refractivity contribution in [2.24, 2.45) is 11.7 Å². The molecule has 2 rings (SSSR count). The van der Waals surface area contributed by atoms with E-state index >= 15 is 0 Å². The van der Waals surface area contributed by atoms with Gasteiger partial charge < -0.3 is 15.8 Å². The minimum Gasteiger partial charge on any atom is -0.494 e.